The van der Waals surface area contributed by atoms with Gasteiger partial charge in [0.2, 0.25) is 0 Å². The molecule has 0 spiro atoms. The molecule has 1 aliphatic rings. The van der Waals surface area contributed by atoms with Crippen molar-refractivity contribution in [1.29, 1.82) is 0 Å². The second-order valence-electron chi connectivity index (χ2n) is 6.34. The Morgan fingerprint density at radius 2 is 1.86 bits per heavy atom. The molecule has 120 valence electrons. The third-order valence-corrected chi connectivity index (χ3v) is 4.63. The third kappa shape index (κ3) is 4.28. The van der Waals surface area contributed by atoms with Gasteiger partial charge in [-0.3, -0.25) is 4.68 Å². The van der Waals surface area contributed by atoms with Gasteiger partial charge in [-0.1, -0.05) is 25.7 Å². The normalized spacial score (nSPS) is 18.7. The van der Waals surface area contributed by atoms with Crippen molar-refractivity contribution in [3.8, 4) is 0 Å². The highest BCUT2D eigenvalue weighted by atomic mass is 16.3. The van der Waals surface area contributed by atoms with Gasteiger partial charge in [0, 0.05) is 24.3 Å². The number of nitrogens with zero attached hydrogens (tertiary/aromatic N) is 2. The number of aryl methyl sites for hydroxylation is 1. The van der Waals surface area contributed by atoms with Crippen molar-refractivity contribution in [2.45, 2.75) is 71.1 Å². The second kappa shape index (κ2) is 7.38. The van der Waals surface area contributed by atoms with Crippen molar-refractivity contribution in [3.63, 3.8) is 0 Å². The van der Waals surface area contributed by atoms with Gasteiger partial charge < -0.3 is 15.5 Å². The molecule has 0 saturated heterocycles. The zero-order valence-electron chi connectivity index (χ0n) is 13.4. The van der Waals surface area contributed by atoms with Gasteiger partial charge in [0.1, 0.15) is 0 Å². The number of nitrogens with one attached hydrogen (secondary N) is 1. The van der Waals surface area contributed by atoms with E-state index < -0.39 is 5.60 Å². The molecule has 0 aliphatic heterocycles. The fourth-order valence-electron chi connectivity index (χ4n) is 3.29. The smallest absolute Gasteiger partial charge is 0.0771 e. The molecule has 2 rings (SSSR count). The fourth-order valence-corrected chi connectivity index (χ4v) is 3.29. The maximum absolute atomic E-state index is 10.6. The number of hydrogen-bond acceptors (Lipinski definition) is 4. The summed E-state index contributed by atoms with van der Waals surface area (Å²) in [5.41, 5.74) is 2.74. The van der Waals surface area contributed by atoms with Crippen LogP contribution in [-0.4, -0.2) is 38.7 Å². The first-order chi connectivity index (χ1) is 10.1. The van der Waals surface area contributed by atoms with Crippen LogP contribution >= 0.6 is 0 Å². The lowest BCUT2D eigenvalue weighted by Gasteiger charge is -2.27. The minimum absolute atomic E-state index is 0.106. The lowest BCUT2D eigenvalue weighted by molar-refractivity contribution is 0.0250. The van der Waals surface area contributed by atoms with E-state index >= 15 is 0 Å². The van der Waals surface area contributed by atoms with E-state index in [0.29, 0.717) is 13.1 Å². The third-order valence-electron chi connectivity index (χ3n) is 4.63. The quantitative estimate of drug-likeness (QED) is 0.698. The Balaban J connectivity index is 1.91. The Morgan fingerprint density at radius 1 is 1.19 bits per heavy atom. The molecule has 0 aromatic carbocycles. The summed E-state index contributed by atoms with van der Waals surface area (Å²) in [5, 5.41) is 27.5. The maximum Gasteiger partial charge on any atom is 0.0771 e. The van der Waals surface area contributed by atoms with E-state index in [0.717, 1.165) is 43.6 Å². The summed E-state index contributed by atoms with van der Waals surface area (Å²) in [6.45, 7) is 6.05. The number of hydrogen-bond donors (Lipinski definition) is 3. The van der Waals surface area contributed by atoms with Crippen molar-refractivity contribution >= 4 is 0 Å². The van der Waals surface area contributed by atoms with Crippen LogP contribution in [0.4, 0.5) is 0 Å². The summed E-state index contributed by atoms with van der Waals surface area (Å²) in [5.74, 6) is 0. The molecule has 21 heavy (non-hydrogen) atoms. The molecule has 0 bridgehead atoms. The minimum Gasteiger partial charge on any atom is -0.394 e. The van der Waals surface area contributed by atoms with E-state index in [4.69, 9.17) is 5.11 Å². The molecule has 3 N–H and O–H groups in total. The highest BCUT2D eigenvalue weighted by Gasteiger charge is 2.27. The molecule has 0 radical (unpaired) electrons. The summed E-state index contributed by atoms with van der Waals surface area (Å²) in [6.07, 6.45) is 6.56. The van der Waals surface area contributed by atoms with Crippen LogP contribution in [0.5, 0.6) is 0 Å². The van der Waals surface area contributed by atoms with Gasteiger partial charge in [-0.25, -0.2) is 0 Å². The van der Waals surface area contributed by atoms with E-state index in [1.165, 1.54) is 18.4 Å². The van der Waals surface area contributed by atoms with Gasteiger partial charge in [0.05, 0.1) is 24.4 Å². The lowest BCUT2D eigenvalue weighted by Crippen LogP contribution is -2.40. The van der Waals surface area contributed by atoms with Gasteiger partial charge in [0.15, 0.2) is 0 Å². The van der Waals surface area contributed by atoms with Crippen molar-refractivity contribution in [1.82, 2.24) is 15.1 Å². The number of aliphatic hydroxyl groups excluding tert-OH is 1. The van der Waals surface area contributed by atoms with E-state index in [1.807, 2.05) is 18.5 Å². The zero-order chi connectivity index (χ0) is 15.3. The van der Waals surface area contributed by atoms with E-state index in [1.54, 1.807) is 0 Å². The van der Waals surface area contributed by atoms with E-state index in [9.17, 15) is 5.11 Å². The fraction of sp³-hybridized carbons (Fsp3) is 0.812. The molecule has 1 saturated carbocycles. The van der Waals surface area contributed by atoms with Crippen LogP contribution in [0.1, 0.15) is 55.5 Å². The molecule has 1 heterocycles. The van der Waals surface area contributed by atoms with Gasteiger partial charge in [-0.2, -0.15) is 5.10 Å². The first-order valence-electron chi connectivity index (χ1n) is 8.12. The molecule has 0 atom stereocenters. The van der Waals surface area contributed by atoms with Crippen LogP contribution in [0.3, 0.4) is 0 Å². The molecule has 5 nitrogen and oxygen atoms in total. The molecule has 1 fully saturated rings. The largest absolute Gasteiger partial charge is 0.394 e. The van der Waals surface area contributed by atoms with Gasteiger partial charge in [-0.05, 0) is 26.7 Å². The molecule has 0 unspecified atom stereocenters. The summed E-state index contributed by atoms with van der Waals surface area (Å²) in [6, 6.07) is 0. The van der Waals surface area contributed by atoms with Crippen LogP contribution in [-0.2, 0) is 13.1 Å². The Bertz CT molecular complexity index is 449. The number of aromatic nitrogens is 2. The first-order valence-corrected chi connectivity index (χ1v) is 8.12. The van der Waals surface area contributed by atoms with Crippen molar-refractivity contribution in [2.75, 3.05) is 13.2 Å². The standard InChI is InChI=1S/C16H29N3O2/c1-13-15(14(2)19(18-13)9-10-20)11-17-12-16(21)7-5-3-4-6-8-16/h17,20-21H,3-12H2,1-2H3. The average molecular weight is 295 g/mol. The van der Waals surface area contributed by atoms with Gasteiger partial charge in [0.25, 0.3) is 0 Å². The molecular weight excluding hydrogens is 266 g/mol. The SMILES string of the molecule is Cc1nn(CCO)c(C)c1CNCC1(O)CCCCCC1. The molecular formula is C16H29N3O2. The van der Waals surface area contributed by atoms with Crippen LogP contribution in [0.15, 0.2) is 0 Å². The predicted octanol–water partition coefficient (Wildman–Crippen LogP) is 1.67. The maximum atomic E-state index is 10.6. The highest BCUT2D eigenvalue weighted by Crippen LogP contribution is 2.26. The summed E-state index contributed by atoms with van der Waals surface area (Å²) in [4.78, 5) is 0. The minimum atomic E-state index is -0.542. The van der Waals surface area contributed by atoms with Crippen LogP contribution in [0.2, 0.25) is 0 Å². The Morgan fingerprint density at radius 3 is 2.48 bits per heavy atom. The second-order valence-corrected chi connectivity index (χ2v) is 6.34. The first kappa shape index (κ1) is 16.5. The molecule has 1 aromatic rings. The Labute approximate surface area is 127 Å². The average Bonchev–Trinajstić information content (AvgIpc) is 2.63. The van der Waals surface area contributed by atoms with Crippen molar-refractivity contribution in [3.05, 3.63) is 17.0 Å². The topological polar surface area (TPSA) is 70.3 Å². The molecule has 1 aromatic heterocycles. The zero-order valence-corrected chi connectivity index (χ0v) is 13.4. The lowest BCUT2D eigenvalue weighted by atomic mass is 9.94. The molecule has 5 heteroatoms. The van der Waals surface area contributed by atoms with Crippen molar-refractivity contribution in [2.24, 2.45) is 0 Å². The van der Waals surface area contributed by atoms with E-state index in [2.05, 4.69) is 10.4 Å². The summed E-state index contributed by atoms with van der Waals surface area (Å²) < 4.78 is 1.85. The van der Waals surface area contributed by atoms with E-state index in [-0.39, 0.29) is 6.61 Å². The number of aliphatic hydroxyl groups is 2. The van der Waals surface area contributed by atoms with Crippen LogP contribution < -0.4 is 5.32 Å². The summed E-state index contributed by atoms with van der Waals surface area (Å²) >= 11 is 0. The van der Waals surface area contributed by atoms with Crippen LogP contribution in [0, 0.1) is 13.8 Å². The van der Waals surface area contributed by atoms with Crippen molar-refractivity contribution < 1.29 is 10.2 Å². The number of rotatable bonds is 6. The van der Waals surface area contributed by atoms with Gasteiger partial charge >= 0.3 is 0 Å². The predicted molar refractivity (Wildman–Crippen MR) is 83.1 cm³/mol. The van der Waals surface area contributed by atoms with Gasteiger partial charge in [-0.15, -0.1) is 0 Å². The van der Waals surface area contributed by atoms with Crippen LogP contribution in [0.25, 0.3) is 0 Å². The Hall–Kier alpha value is -0.910. The Kier molecular flexibility index (Phi) is 5.79. The molecule has 1 aliphatic carbocycles. The monoisotopic (exact) mass is 295 g/mol. The molecule has 0 amide bonds. The summed E-state index contributed by atoms with van der Waals surface area (Å²) in [7, 11) is 0. The highest BCUT2D eigenvalue weighted by molar-refractivity contribution is 5.24.